The summed E-state index contributed by atoms with van der Waals surface area (Å²) in [6.07, 6.45) is -1.14. The van der Waals surface area contributed by atoms with Crippen molar-refractivity contribution >= 4 is 6.03 Å². The Morgan fingerprint density at radius 1 is 0.900 bits per heavy atom. The minimum atomic E-state index is -4.67. The van der Waals surface area contributed by atoms with Crippen LogP contribution in [0.25, 0.3) is 0 Å². The average molecular weight is 426 g/mol. The molecule has 5 rings (SSSR count). The van der Waals surface area contributed by atoms with E-state index in [0.29, 0.717) is 12.8 Å². The molecular formula is C22H26F4N2O2. The first-order chi connectivity index (χ1) is 14.2. The normalized spacial score (nSPS) is 38.2. The number of rotatable bonds is 1. The molecule has 4 aliphatic rings. The Morgan fingerprint density at radius 3 is 1.87 bits per heavy atom. The van der Waals surface area contributed by atoms with Gasteiger partial charge >= 0.3 is 12.2 Å². The van der Waals surface area contributed by atoms with Gasteiger partial charge in [-0.05, 0) is 62.1 Å². The zero-order valence-electron chi connectivity index (χ0n) is 16.6. The lowest BCUT2D eigenvalue weighted by atomic mass is 9.84. The third kappa shape index (κ3) is 3.10. The number of piperidine rings is 2. The van der Waals surface area contributed by atoms with Crippen LogP contribution in [0.3, 0.4) is 0 Å². The van der Waals surface area contributed by atoms with Gasteiger partial charge in [0.05, 0.1) is 0 Å². The molecule has 30 heavy (non-hydrogen) atoms. The molecule has 4 fully saturated rings. The quantitative estimate of drug-likeness (QED) is 0.669. The summed E-state index contributed by atoms with van der Waals surface area (Å²) in [5, 5.41) is 10.2. The smallest absolute Gasteiger partial charge is 0.380 e. The van der Waals surface area contributed by atoms with Crippen LogP contribution in [-0.4, -0.2) is 56.9 Å². The Morgan fingerprint density at radius 2 is 1.37 bits per heavy atom. The summed E-state index contributed by atoms with van der Waals surface area (Å²) < 4.78 is 53.3. The van der Waals surface area contributed by atoms with Crippen molar-refractivity contribution in [1.29, 1.82) is 0 Å². The highest BCUT2D eigenvalue weighted by Crippen LogP contribution is 2.50. The Bertz CT molecular complexity index is 799. The molecule has 0 aromatic heterocycles. The topological polar surface area (TPSA) is 43.8 Å². The predicted molar refractivity (Wildman–Crippen MR) is 101 cm³/mol. The van der Waals surface area contributed by atoms with E-state index < -0.39 is 36.7 Å². The molecule has 8 heteroatoms. The molecule has 1 aromatic rings. The maximum atomic E-state index is 13.5. The third-order valence-electron chi connectivity index (χ3n) is 7.81. The molecule has 0 aliphatic carbocycles. The van der Waals surface area contributed by atoms with Gasteiger partial charge in [-0.15, -0.1) is 0 Å². The van der Waals surface area contributed by atoms with Crippen molar-refractivity contribution in [2.45, 2.75) is 93.2 Å². The lowest BCUT2D eigenvalue weighted by molar-refractivity contribution is -0.277. The molecule has 0 saturated carbocycles. The highest BCUT2D eigenvalue weighted by molar-refractivity contribution is 5.77. The van der Waals surface area contributed by atoms with Gasteiger partial charge in [-0.25, -0.2) is 9.18 Å². The minimum absolute atomic E-state index is 0.0640. The standard InChI is InChI=1S/C22H26F4N2O2/c23-15-3-1-13(2-4-15)14-9-16-5-6-17(10-14)27(16)20(29)28-18-7-8-19(28)12-21(30,11-18)22(24,25)26/h1-4,14,16-19,30H,5-12H2. The van der Waals surface area contributed by atoms with Gasteiger partial charge in [-0.3, -0.25) is 0 Å². The number of hydrogen-bond acceptors (Lipinski definition) is 2. The van der Waals surface area contributed by atoms with E-state index >= 15 is 0 Å². The molecule has 2 amide bonds. The molecule has 4 bridgehead atoms. The molecule has 0 radical (unpaired) electrons. The summed E-state index contributed by atoms with van der Waals surface area (Å²) in [5.41, 5.74) is -1.61. The van der Waals surface area contributed by atoms with Crippen LogP contribution in [0.5, 0.6) is 0 Å². The highest BCUT2D eigenvalue weighted by Gasteiger charge is 2.62. The summed E-state index contributed by atoms with van der Waals surface area (Å²) in [6.45, 7) is 0. The first-order valence-electron chi connectivity index (χ1n) is 10.8. The summed E-state index contributed by atoms with van der Waals surface area (Å²) in [6, 6.07) is 5.39. The van der Waals surface area contributed by atoms with E-state index in [4.69, 9.17) is 0 Å². The fourth-order valence-corrected chi connectivity index (χ4v) is 6.40. The molecule has 1 N–H and O–H groups in total. The van der Waals surface area contributed by atoms with E-state index in [-0.39, 0.29) is 29.8 Å². The van der Waals surface area contributed by atoms with Crippen LogP contribution >= 0.6 is 0 Å². The fourth-order valence-electron chi connectivity index (χ4n) is 6.40. The van der Waals surface area contributed by atoms with Gasteiger partial charge in [0.15, 0.2) is 5.60 Å². The zero-order chi connectivity index (χ0) is 21.3. The van der Waals surface area contributed by atoms with Crippen LogP contribution in [0.1, 0.15) is 62.8 Å². The van der Waals surface area contributed by atoms with Crippen molar-refractivity contribution in [1.82, 2.24) is 9.80 Å². The molecule has 4 heterocycles. The van der Waals surface area contributed by atoms with Crippen LogP contribution in [0, 0.1) is 5.82 Å². The number of carbonyl (C=O) groups is 1. The second-order valence-corrected chi connectivity index (χ2v) is 9.52. The average Bonchev–Trinajstić information content (AvgIpc) is 3.11. The van der Waals surface area contributed by atoms with Gasteiger partial charge in [0.1, 0.15) is 5.82 Å². The second kappa shape index (κ2) is 6.84. The fraction of sp³-hybridized carbons (Fsp3) is 0.682. The summed E-state index contributed by atoms with van der Waals surface area (Å²) in [4.78, 5) is 17.0. The molecule has 4 aliphatic heterocycles. The van der Waals surface area contributed by atoms with E-state index in [1.807, 2.05) is 4.90 Å². The molecule has 164 valence electrons. The number of benzene rings is 1. The van der Waals surface area contributed by atoms with E-state index in [1.54, 1.807) is 17.0 Å². The summed E-state index contributed by atoms with van der Waals surface area (Å²) in [5.74, 6) is -0.00530. The first-order valence-corrected chi connectivity index (χ1v) is 10.8. The Kier molecular flexibility index (Phi) is 4.58. The predicted octanol–water partition coefficient (Wildman–Crippen LogP) is 4.58. The number of urea groups is 1. The number of hydrogen-bond donors (Lipinski definition) is 1. The van der Waals surface area contributed by atoms with Crippen molar-refractivity contribution in [3.05, 3.63) is 35.6 Å². The summed E-state index contributed by atoms with van der Waals surface area (Å²) in [7, 11) is 0. The Labute approximate surface area is 172 Å². The van der Waals surface area contributed by atoms with E-state index in [2.05, 4.69) is 0 Å². The molecule has 4 nitrogen and oxygen atoms in total. The maximum absolute atomic E-state index is 13.5. The summed E-state index contributed by atoms with van der Waals surface area (Å²) >= 11 is 0. The zero-order valence-corrected chi connectivity index (χ0v) is 16.6. The van der Waals surface area contributed by atoms with Gasteiger partial charge in [-0.1, -0.05) is 12.1 Å². The van der Waals surface area contributed by atoms with E-state index in [1.165, 1.54) is 12.1 Å². The Hall–Kier alpha value is -1.83. The van der Waals surface area contributed by atoms with Crippen molar-refractivity contribution in [2.75, 3.05) is 0 Å². The first kappa shape index (κ1) is 20.1. The number of amides is 2. The van der Waals surface area contributed by atoms with Gasteiger partial charge in [0, 0.05) is 37.0 Å². The van der Waals surface area contributed by atoms with Crippen LogP contribution < -0.4 is 0 Å². The van der Waals surface area contributed by atoms with Crippen molar-refractivity contribution in [2.24, 2.45) is 0 Å². The number of fused-ring (bicyclic) bond motifs is 4. The van der Waals surface area contributed by atoms with Crippen LogP contribution in [0.4, 0.5) is 22.4 Å². The molecular weight excluding hydrogens is 400 g/mol. The molecule has 0 spiro atoms. The number of alkyl halides is 3. The maximum Gasteiger partial charge on any atom is 0.417 e. The molecule has 4 unspecified atom stereocenters. The Balaban J connectivity index is 1.32. The van der Waals surface area contributed by atoms with Crippen molar-refractivity contribution < 1.29 is 27.5 Å². The van der Waals surface area contributed by atoms with Gasteiger partial charge < -0.3 is 14.9 Å². The number of nitrogens with zero attached hydrogens (tertiary/aromatic N) is 2. The number of aliphatic hydroxyl groups is 1. The van der Waals surface area contributed by atoms with Crippen molar-refractivity contribution in [3.8, 4) is 0 Å². The minimum Gasteiger partial charge on any atom is -0.380 e. The second-order valence-electron chi connectivity index (χ2n) is 9.52. The largest absolute Gasteiger partial charge is 0.417 e. The molecule has 1 aromatic carbocycles. The van der Waals surface area contributed by atoms with E-state index in [9.17, 15) is 27.5 Å². The van der Waals surface area contributed by atoms with Crippen LogP contribution in [0.2, 0.25) is 0 Å². The van der Waals surface area contributed by atoms with Crippen LogP contribution in [-0.2, 0) is 0 Å². The molecule has 4 saturated heterocycles. The monoisotopic (exact) mass is 426 g/mol. The van der Waals surface area contributed by atoms with E-state index in [0.717, 1.165) is 31.2 Å². The van der Waals surface area contributed by atoms with Crippen molar-refractivity contribution in [3.63, 3.8) is 0 Å². The van der Waals surface area contributed by atoms with Crippen LogP contribution in [0.15, 0.2) is 24.3 Å². The lowest BCUT2D eigenvalue weighted by Crippen LogP contribution is -2.62. The van der Waals surface area contributed by atoms with Gasteiger partial charge in [0.25, 0.3) is 0 Å². The van der Waals surface area contributed by atoms with Gasteiger partial charge in [-0.2, -0.15) is 13.2 Å². The number of carbonyl (C=O) groups excluding carboxylic acids is 1. The van der Waals surface area contributed by atoms with Gasteiger partial charge in [0.2, 0.25) is 0 Å². The third-order valence-corrected chi connectivity index (χ3v) is 7.81. The lowest BCUT2D eigenvalue weighted by Gasteiger charge is -2.48. The SMILES string of the molecule is O=C(N1C2CCC1CC(c1ccc(F)cc1)C2)N1C2CCC1CC(O)(C(F)(F)F)C2. The molecule has 4 atom stereocenters. The highest BCUT2D eigenvalue weighted by atomic mass is 19.4. The number of halogens is 4.